The molecule has 0 saturated heterocycles. The SMILES string of the molecule is Cc1cc(OCCn2c(CN(C)C(=O)c3ccccn3)nc3ccccc32)cc(C)c1Cl. The van der Waals surface area contributed by atoms with Crippen molar-refractivity contribution in [3.05, 3.63) is 88.5 Å². The monoisotopic (exact) mass is 448 g/mol. The van der Waals surface area contributed by atoms with Gasteiger partial charge in [0.25, 0.3) is 5.91 Å². The van der Waals surface area contributed by atoms with E-state index in [4.69, 9.17) is 21.3 Å². The second-order valence-corrected chi connectivity index (χ2v) is 8.14. The van der Waals surface area contributed by atoms with Crippen LogP contribution in [-0.2, 0) is 13.1 Å². The highest BCUT2D eigenvalue weighted by Gasteiger charge is 2.18. The lowest BCUT2D eigenvalue weighted by molar-refractivity contribution is 0.0774. The summed E-state index contributed by atoms with van der Waals surface area (Å²) in [6.07, 6.45) is 1.62. The lowest BCUT2D eigenvalue weighted by Gasteiger charge is -2.18. The predicted molar refractivity (Wildman–Crippen MR) is 126 cm³/mol. The molecule has 0 spiro atoms. The van der Waals surface area contributed by atoms with Gasteiger partial charge in [-0.05, 0) is 61.4 Å². The van der Waals surface area contributed by atoms with Crippen molar-refractivity contribution in [1.29, 1.82) is 0 Å². The van der Waals surface area contributed by atoms with E-state index in [2.05, 4.69) is 9.55 Å². The zero-order valence-corrected chi connectivity index (χ0v) is 19.1. The van der Waals surface area contributed by atoms with Crippen LogP contribution in [0.25, 0.3) is 11.0 Å². The van der Waals surface area contributed by atoms with E-state index in [0.29, 0.717) is 25.4 Å². The first-order chi connectivity index (χ1) is 15.4. The van der Waals surface area contributed by atoms with Gasteiger partial charge < -0.3 is 14.2 Å². The zero-order valence-electron chi connectivity index (χ0n) is 18.4. The molecule has 0 aliphatic heterocycles. The van der Waals surface area contributed by atoms with Gasteiger partial charge in [0.1, 0.15) is 23.9 Å². The van der Waals surface area contributed by atoms with Crippen LogP contribution < -0.4 is 4.74 Å². The Labute approximate surface area is 192 Å². The highest BCUT2D eigenvalue weighted by Crippen LogP contribution is 2.26. The van der Waals surface area contributed by atoms with E-state index in [1.54, 1.807) is 36.3 Å². The van der Waals surface area contributed by atoms with Crippen molar-refractivity contribution in [2.24, 2.45) is 0 Å². The number of aryl methyl sites for hydroxylation is 2. The van der Waals surface area contributed by atoms with E-state index >= 15 is 0 Å². The minimum atomic E-state index is -0.146. The smallest absolute Gasteiger partial charge is 0.272 e. The van der Waals surface area contributed by atoms with Gasteiger partial charge in [-0.1, -0.05) is 29.8 Å². The van der Waals surface area contributed by atoms with Gasteiger partial charge in [0.2, 0.25) is 0 Å². The second kappa shape index (κ2) is 9.40. The number of imidazole rings is 1. The van der Waals surface area contributed by atoms with Crippen LogP contribution in [-0.4, -0.2) is 39.0 Å². The number of hydrogen-bond donors (Lipinski definition) is 0. The molecule has 0 aliphatic carbocycles. The Morgan fingerprint density at radius 1 is 1.09 bits per heavy atom. The molecule has 7 heteroatoms. The molecule has 0 aliphatic rings. The van der Waals surface area contributed by atoms with Gasteiger partial charge in [-0.3, -0.25) is 9.78 Å². The summed E-state index contributed by atoms with van der Waals surface area (Å²) in [6.45, 7) is 5.37. The maximum absolute atomic E-state index is 12.8. The number of carbonyl (C=O) groups is 1. The number of rotatable bonds is 7. The molecule has 6 nitrogen and oxygen atoms in total. The van der Waals surface area contributed by atoms with Crippen LogP contribution in [0.5, 0.6) is 5.75 Å². The van der Waals surface area contributed by atoms with Crippen LogP contribution in [0.3, 0.4) is 0 Å². The zero-order chi connectivity index (χ0) is 22.7. The predicted octanol–water partition coefficient (Wildman–Crippen LogP) is 5.05. The molecule has 4 rings (SSSR count). The Balaban J connectivity index is 1.53. The number of aromatic nitrogens is 3. The van der Waals surface area contributed by atoms with E-state index < -0.39 is 0 Å². The first kappa shape index (κ1) is 21.8. The van der Waals surface area contributed by atoms with Crippen molar-refractivity contribution in [3.63, 3.8) is 0 Å². The molecule has 0 saturated carbocycles. The van der Waals surface area contributed by atoms with Crippen molar-refractivity contribution in [2.45, 2.75) is 26.9 Å². The molecule has 2 aromatic heterocycles. The van der Waals surface area contributed by atoms with Crippen LogP contribution in [0.4, 0.5) is 0 Å². The minimum absolute atomic E-state index is 0.146. The number of ether oxygens (including phenoxy) is 1. The van der Waals surface area contributed by atoms with Crippen LogP contribution >= 0.6 is 11.6 Å². The third-order valence-corrected chi connectivity index (χ3v) is 5.93. The molecule has 0 bridgehead atoms. The molecule has 0 radical (unpaired) electrons. The van der Waals surface area contributed by atoms with Crippen LogP contribution in [0, 0.1) is 13.8 Å². The van der Waals surface area contributed by atoms with Gasteiger partial charge in [0, 0.05) is 18.3 Å². The molecule has 0 N–H and O–H groups in total. The fourth-order valence-corrected chi connectivity index (χ4v) is 3.82. The second-order valence-electron chi connectivity index (χ2n) is 7.76. The van der Waals surface area contributed by atoms with Gasteiger partial charge in [0.05, 0.1) is 24.1 Å². The normalized spacial score (nSPS) is 11.0. The summed E-state index contributed by atoms with van der Waals surface area (Å²) >= 11 is 6.26. The van der Waals surface area contributed by atoms with Gasteiger partial charge in [-0.15, -0.1) is 0 Å². The van der Waals surface area contributed by atoms with Crippen molar-refractivity contribution >= 4 is 28.5 Å². The number of fused-ring (bicyclic) bond motifs is 1. The quantitative estimate of drug-likeness (QED) is 0.397. The standard InChI is InChI=1S/C25H25ClN4O2/c1-17-14-19(15-18(2)24(17)26)32-13-12-30-22-10-5-4-8-20(22)28-23(30)16-29(3)25(31)21-9-6-7-11-27-21/h4-11,14-15H,12-13,16H2,1-3H3. The van der Waals surface area contributed by atoms with Crippen LogP contribution in [0.1, 0.15) is 27.4 Å². The van der Waals surface area contributed by atoms with Gasteiger partial charge in [-0.25, -0.2) is 4.98 Å². The van der Waals surface area contributed by atoms with E-state index in [-0.39, 0.29) is 5.91 Å². The number of amides is 1. The molecule has 4 aromatic rings. The number of carbonyl (C=O) groups excluding carboxylic acids is 1. The number of halogens is 1. The topological polar surface area (TPSA) is 60.2 Å². The molecular formula is C25H25ClN4O2. The average molecular weight is 449 g/mol. The summed E-state index contributed by atoms with van der Waals surface area (Å²) in [5.74, 6) is 1.44. The summed E-state index contributed by atoms with van der Waals surface area (Å²) in [6, 6.07) is 17.2. The van der Waals surface area contributed by atoms with Gasteiger partial charge >= 0.3 is 0 Å². The lowest BCUT2D eigenvalue weighted by Crippen LogP contribution is -2.28. The summed E-state index contributed by atoms with van der Waals surface area (Å²) in [5, 5.41) is 0.765. The largest absolute Gasteiger partial charge is 0.492 e. The molecule has 0 unspecified atom stereocenters. The number of pyridine rings is 1. The highest BCUT2D eigenvalue weighted by molar-refractivity contribution is 6.32. The Kier molecular flexibility index (Phi) is 6.42. The molecule has 1 amide bonds. The van der Waals surface area contributed by atoms with E-state index in [0.717, 1.165) is 38.8 Å². The van der Waals surface area contributed by atoms with Crippen molar-refractivity contribution in [2.75, 3.05) is 13.7 Å². The molecule has 164 valence electrons. The van der Waals surface area contributed by atoms with Gasteiger partial charge in [-0.2, -0.15) is 0 Å². The van der Waals surface area contributed by atoms with Crippen molar-refractivity contribution in [3.8, 4) is 5.75 Å². The van der Waals surface area contributed by atoms with E-state index in [1.807, 2.05) is 50.2 Å². The number of para-hydroxylation sites is 2. The molecule has 0 fully saturated rings. The third kappa shape index (κ3) is 4.60. The number of nitrogens with zero attached hydrogens (tertiary/aromatic N) is 4. The molecule has 0 atom stereocenters. The van der Waals surface area contributed by atoms with Crippen molar-refractivity contribution in [1.82, 2.24) is 19.4 Å². The van der Waals surface area contributed by atoms with Gasteiger partial charge in [0.15, 0.2) is 0 Å². The summed E-state index contributed by atoms with van der Waals surface area (Å²) in [7, 11) is 1.76. The first-order valence-electron chi connectivity index (χ1n) is 10.4. The molecular weight excluding hydrogens is 424 g/mol. The molecule has 2 heterocycles. The maximum atomic E-state index is 12.8. The molecule has 2 aromatic carbocycles. The van der Waals surface area contributed by atoms with Crippen molar-refractivity contribution < 1.29 is 9.53 Å². The molecule has 32 heavy (non-hydrogen) atoms. The van der Waals surface area contributed by atoms with Crippen LogP contribution in [0.15, 0.2) is 60.8 Å². The summed E-state index contributed by atoms with van der Waals surface area (Å²) < 4.78 is 8.13. The Hall–Kier alpha value is -3.38. The summed E-state index contributed by atoms with van der Waals surface area (Å²) in [4.78, 5) is 23.3. The van der Waals surface area contributed by atoms with E-state index in [1.165, 1.54) is 0 Å². The number of hydrogen-bond acceptors (Lipinski definition) is 4. The number of benzene rings is 2. The maximum Gasteiger partial charge on any atom is 0.272 e. The summed E-state index contributed by atoms with van der Waals surface area (Å²) in [5.41, 5.74) is 4.29. The lowest BCUT2D eigenvalue weighted by atomic mass is 10.1. The van der Waals surface area contributed by atoms with Crippen LogP contribution in [0.2, 0.25) is 5.02 Å². The Bertz CT molecular complexity index is 1230. The van der Waals surface area contributed by atoms with E-state index in [9.17, 15) is 4.79 Å². The Morgan fingerprint density at radius 2 is 1.81 bits per heavy atom. The minimum Gasteiger partial charge on any atom is -0.492 e. The third-order valence-electron chi connectivity index (χ3n) is 5.34. The Morgan fingerprint density at radius 3 is 2.53 bits per heavy atom. The average Bonchev–Trinajstić information content (AvgIpc) is 3.14. The first-order valence-corrected chi connectivity index (χ1v) is 10.8. The fraction of sp³-hybridized carbons (Fsp3) is 0.240. The fourth-order valence-electron chi connectivity index (χ4n) is 3.71. The highest BCUT2D eigenvalue weighted by atomic mass is 35.5.